The van der Waals surface area contributed by atoms with Crippen LogP contribution in [0.2, 0.25) is 5.02 Å². The number of nitrogens with zero attached hydrogens (tertiary/aromatic N) is 2. The zero-order chi connectivity index (χ0) is 20.4. The SMILES string of the molecule is CC1CN(C(=O)N2CCC(C(=O)Nc3cccc(Cl)c3)CC2)c2ccccc2O1. The highest BCUT2D eigenvalue weighted by atomic mass is 35.5. The Balaban J connectivity index is 1.37. The molecule has 1 atom stereocenters. The van der Waals surface area contributed by atoms with Crippen LogP contribution >= 0.6 is 11.6 Å². The fourth-order valence-corrected chi connectivity index (χ4v) is 4.07. The molecule has 2 heterocycles. The summed E-state index contributed by atoms with van der Waals surface area (Å²) in [5.41, 5.74) is 1.50. The topological polar surface area (TPSA) is 61.9 Å². The first-order chi connectivity index (χ1) is 14.0. The van der Waals surface area contributed by atoms with Crippen molar-refractivity contribution in [1.82, 2.24) is 4.90 Å². The van der Waals surface area contributed by atoms with Gasteiger partial charge in [0.25, 0.3) is 0 Å². The Bertz CT molecular complexity index is 912. The van der Waals surface area contributed by atoms with Crippen molar-refractivity contribution in [3.63, 3.8) is 0 Å². The van der Waals surface area contributed by atoms with Gasteiger partial charge in [-0.15, -0.1) is 0 Å². The maximum atomic E-state index is 13.1. The van der Waals surface area contributed by atoms with Gasteiger partial charge < -0.3 is 15.0 Å². The van der Waals surface area contributed by atoms with Gasteiger partial charge in [0, 0.05) is 29.7 Å². The van der Waals surface area contributed by atoms with E-state index in [1.165, 1.54) is 0 Å². The van der Waals surface area contributed by atoms with Crippen LogP contribution in [0.4, 0.5) is 16.2 Å². The average molecular weight is 414 g/mol. The van der Waals surface area contributed by atoms with Crippen molar-refractivity contribution in [3.8, 4) is 5.75 Å². The first kappa shape index (κ1) is 19.6. The molecule has 1 N–H and O–H groups in total. The number of carbonyl (C=O) groups is 2. The number of carbonyl (C=O) groups excluding carboxylic acids is 2. The molecule has 1 fully saturated rings. The molecule has 29 heavy (non-hydrogen) atoms. The zero-order valence-electron chi connectivity index (χ0n) is 16.3. The average Bonchev–Trinajstić information content (AvgIpc) is 2.72. The Morgan fingerprint density at radius 3 is 2.62 bits per heavy atom. The number of para-hydroxylation sites is 2. The summed E-state index contributed by atoms with van der Waals surface area (Å²) in [6, 6.07) is 14.7. The maximum absolute atomic E-state index is 13.1. The second kappa shape index (κ2) is 8.33. The van der Waals surface area contributed by atoms with E-state index in [0.29, 0.717) is 43.2 Å². The van der Waals surface area contributed by atoms with Gasteiger partial charge in [0.05, 0.1) is 12.2 Å². The fraction of sp³-hybridized carbons (Fsp3) is 0.364. The van der Waals surface area contributed by atoms with Crippen LogP contribution in [0.15, 0.2) is 48.5 Å². The maximum Gasteiger partial charge on any atom is 0.324 e. The van der Waals surface area contributed by atoms with E-state index >= 15 is 0 Å². The summed E-state index contributed by atoms with van der Waals surface area (Å²) in [6.07, 6.45) is 1.22. The first-order valence-corrected chi connectivity index (χ1v) is 10.3. The van der Waals surface area contributed by atoms with Gasteiger partial charge in [0.1, 0.15) is 11.9 Å². The normalized spacial score (nSPS) is 19.3. The van der Waals surface area contributed by atoms with E-state index < -0.39 is 0 Å². The molecule has 0 aromatic heterocycles. The predicted molar refractivity (Wildman–Crippen MR) is 114 cm³/mol. The van der Waals surface area contributed by atoms with Gasteiger partial charge in [0.2, 0.25) is 5.91 Å². The van der Waals surface area contributed by atoms with Gasteiger partial charge in [-0.3, -0.25) is 9.69 Å². The number of piperidine rings is 1. The van der Waals surface area contributed by atoms with E-state index in [9.17, 15) is 9.59 Å². The van der Waals surface area contributed by atoms with Crippen molar-refractivity contribution in [2.45, 2.75) is 25.9 Å². The van der Waals surface area contributed by atoms with Crippen molar-refractivity contribution in [1.29, 1.82) is 0 Å². The van der Waals surface area contributed by atoms with E-state index in [1.54, 1.807) is 23.1 Å². The number of fused-ring (bicyclic) bond motifs is 1. The molecular formula is C22H24ClN3O3. The molecule has 7 heteroatoms. The standard InChI is InChI=1S/C22H24ClN3O3/c1-15-14-26(19-7-2-3-8-20(19)29-15)22(28)25-11-9-16(10-12-25)21(27)24-18-6-4-5-17(23)13-18/h2-8,13,15-16H,9-12,14H2,1H3,(H,24,27). The molecular weight excluding hydrogens is 390 g/mol. The van der Waals surface area contributed by atoms with E-state index in [-0.39, 0.29) is 24.0 Å². The molecule has 6 nitrogen and oxygen atoms in total. The summed E-state index contributed by atoms with van der Waals surface area (Å²) >= 11 is 5.98. The van der Waals surface area contributed by atoms with Crippen LogP contribution in [-0.4, -0.2) is 42.6 Å². The molecule has 0 aliphatic carbocycles. The van der Waals surface area contributed by atoms with Crippen molar-refractivity contribution < 1.29 is 14.3 Å². The number of hydrogen-bond acceptors (Lipinski definition) is 3. The molecule has 4 rings (SSSR count). The molecule has 0 radical (unpaired) electrons. The quantitative estimate of drug-likeness (QED) is 0.793. The highest BCUT2D eigenvalue weighted by Gasteiger charge is 2.33. The molecule has 2 aliphatic heterocycles. The number of urea groups is 1. The van der Waals surface area contributed by atoms with Gasteiger partial charge in [0.15, 0.2) is 0 Å². The van der Waals surface area contributed by atoms with Crippen molar-refractivity contribution in [3.05, 3.63) is 53.6 Å². The van der Waals surface area contributed by atoms with Crippen molar-refractivity contribution in [2.24, 2.45) is 5.92 Å². The number of benzene rings is 2. The molecule has 2 aromatic carbocycles. The number of ether oxygens (including phenoxy) is 1. The second-order valence-electron chi connectivity index (χ2n) is 7.55. The summed E-state index contributed by atoms with van der Waals surface area (Å²) in [5, 5.41) is 3.51. The van der Waals surface area contributed by atoms with Gasteiger partial charge in [-0.2, -0.15) is 0 Å². The Morgan fingerprint density at radius 2 is 1.86 bits per heavy atom. The van der Waals surface area contributed by atoms with Crippen LogP contribution in [0.25, 0.3) is 0 Å². The van der Waals surface area contributed by atoms with Gasteiger partial charge in [-0.25, -0.2) is 4.79 Å². The monoisotopic (exact) mass is 413 g/mol. The molecule has 0 spiro atoms. The van der Waals surface area contributed by atoms with E-state index in [0.717, 1.165) is 11.4 Å². The van der Waals surface area contributed by atoms with Gasteiger partial charge in [-0.1, -0.05) is 29.8 Å². The van der Waals surface area contributed by atoms with Crippen molar-refractivity contribution >= 4 is 34.9 Å². The lowest BCUT2D eigenvalue weighted by Gasteiger charge is -2.39. The van der Waals surface area contributed by atoms with Crippen LogP contribution < -0.4 is 15.0 Å². The van der Waals surface area contributed by atoms with Gasteiger partial charge in [-0.05, 0) is 50.1 Å². The number of hydrogen-bond donors (Lipinski definition) is 1. The minimum atomic E-state index is -0.117. The zero-order valence-corrected chi connectivity index (χ0v) is 17.1. The smallest absolute Gasteiger partial charge is 0.324 e. The Hall–Kier alpha value is -2.73. The second-order valence-corrected chi connectivity index (χ2v) is 7.99. The molecule has 0 saturated carbocycles. The summed E-state index contributed by atoms with van der Waals surface area (Å²) in [4.78, 5) is 29.3. The summed E-state index contributed by atoms with van der Waals surface area (Å²) in [7, 11) is 0. The highest BCUT2D eigenvalue weighted by molar-refractivity contribution is 6.30. The lowest BCUT2D eigenvalue weighted by atomic mass is 9.96. The van der Waals surface area contributed by atoms with Crippen LogP contribution in [0, 0.1) is 5.92 Å². The Morgan fingerprint density at radius 1 is 1.10 bits per heavy atom. The molecule has 0 bridgehead atoms. The minimum absolute atomic E-state index is 0.0234. The van der Waals surface area contributed by atoms with Crippen LogP contribution in [0.1, 0.15) is 19.8 Å². The van der Waals surface area contributed by atoms with E-state index in [4.69, 9.17) is 16.3 Å². The number of likely N-dealkylation sites (tertiary alicyclic amines) is 1. The minimum Gasteiger partial charge on any atom is -0.487 e. The molecule has 2 aromatic rings. The lowest BCUT2D eigenvalue weighted by Crippen LogP contribution is -2.51. The van der Waals surface area contributed by atoms with Crippen LogP contribution in [-0.2, 0) is 4.79 Å². The summed E-state index contributed by atoms with van der Waals surface area (Å²) in [5.74, 6) is 0.592. The molecule has 1 saturated heterocycles. The lowest BCUT2D eigenvalue weighted by molar-refractivity contribution is -0.121. The number of anilines is 2. The highest BCUT2D eigenvalue weighted by Crippen LogP contribution is 2.34. The first-order valence-electron chi connectivity index (χ1n) is 9.90. The number of halogens is 1. The van der Waals surface area contributed by atoms with Crippen molar-refractivity contribution in [2.75, 3.05) is 29.9 Å². The Kier molecular flexibility index (Phi) is 5.62. The third-order valence-electron chi connectivity index (χ3n) is 5.38. The molecule has 152 valence electrons. The summed E-state index contributed by atoms with van der Waals surface area (Å²) in [6.45, 7) is 3.59. The molecule has 3 amide bonds. The van der Waals surface area contributed by atoms with E-state index in [2.05, 4.69) is 5.32 Å². The van der Waals surface area contributed by atoms with Crippen LogP contribution in [0.5, 0.6) is 5.75 Å². The Labute approximate surface area is 175 Å². The third kappa shape index (κ3) is 4.32. The number of nitrogens with one attached hydrogen (secondary N) is 1. The molecule has 2 aliphatic rings. The number of rotatable bonds is 2. The van der Waals surface area contributed by atoms with Gasteiger partial charge >= 0.3 is 6.03 Å². The molecule has 1 unspecified atom stereocenters. The number of amides is 3. The predicted octanol–water partition coefficient (Wildman–Crippen LogP) is 4.40. The van der Waals surface area contributed by atoms with E-state index in [1.807, 2.05) is 42.2 Å². The van der Waals surface area contributed by atoms with Crippen LogP contribution in [0.3, 0.4) is 0 Å². The largest absolute Gasteiger partial charge is 0.487 e. The third-order valence-corrected chi connectivity index (χ3v) is 5.62. The summed E-state index contributed by atoms with van der Waals surface area (Å²) < 4.78 is 5.84. The fourth-order valence-electron chi connectivity index (χ4n) is 3.88.